The summed E-state index contributed by atoms with van der Waals surface area (Å²) in [6.45, 7) is 11.3. The van der Waals surface area contributed by atoms with Crippen molar-refractivity contribution in [2.45, 2.75) is 40.0 Å². The molecule has 1 aromatic heterocycles. The Kier molecular flexibility index (Phi) is 6.93. The summed E-state index contributed by atoms with van der Waals surface area (Å²) in [5.74, 6) is 1.53. The molecule has 0 fully saturated rings. The van der Waals surface area contributed by atoms with E-state index in [1.165, 1.54) is 33.4 Å². The zero-order valence-electron chi connectivity index (χ0n) is 17.4. The maximum absolute atomic E-state index is 6.12. The molecular weight excluding hydrogens is 364 g/mol. The third-order valence-electron chi connectivity index (χ3n) is 5.32. The monoisotopic (exact) mass is 394 g/mol. The molecule has 0 atom stereocenters. The highest BCUT2D eigenvalue weighted by atomic mass is 32.1. The number of benzene rings is 2. The Labute approximate surface area is 172 Å². The largest absolute Gasteiger partial charge is 0.466 e. The van der Waals surface area contributed by atoms with E-state index in [-0.39, 0.29) is 6.79 Å². The molecule has 1 heterocycles. The highest BCUT2D eigenvalue weighted by Crippen LogP contribution is 2.43. The molecule has 2 nitrogen and oxygen atoms in total. The van der Waals surface area contributed by atoms with Crippen LogP contribution in [0.5, 0.6) is 5.75 Å². The summed E-state index contributed by atoms with van der Waals surface area (Å²) < 4.78 is 12.6. The van der Waals surface area contributed by atoms with Crippen molar-refractivity contribution in [3.63, 3.8) is 0 Å². The Balaban J connectivity index is 2.10. The fraction of sp³-hybridized carbons (Fsp3) is 0.360. The van der Waals surface area contributed by atoms with Gasteiger partial charge in [0.05, 0.1) is 0 Å². The van der Waals surface area contributed by atoms with Crippen molar-refractivity contribution in [2.75, 3.05) is 13.9 Å². The molecule has 0 aliphatic carbocycles. The van der Waals surface area contributed by atoms with Gasteiger partial charge in [-0.2, -0.15) is 0 Å². The molecule has 0 unspecified atom stereocenters. The van der Waals surface area contributed by atoms with Gasteiger partial charge in [-0.3, -0.25) is 0 Å². The summed E-state index contributed by atoms with van der Waals surface area (Å²) in [5, 5.41) is 1.26. The van der Waals surface area contributed by atoms with Crippen LogP contribution in [-0.2, 0) is 4.74 Å². The molecule has 0 saturated heterocycles. The summed E-state index contributed by atoms with van der Waals surface area (Å²) >= 11 is 1.80. The highest BCUT2D eigenvalue weighted by Gasteiger charge is 2.19. The topological polar surface area (TPSA) is 18.5 Å². The van der Waals surface area contributed by atoms with Gasteiger partial charge in [0.25, 0.3) is 0 Å². The van der Waals surface area contributed by atoms with E-state index in [0.29, 0.717) is 5.92 Å². The van der Waals surface area contributed by atoms with Crippen molar-refractivity contribution in [1.82, 2.24) is 0 Å². The first kappa shape index (κ1) is 20.6. The minimum atomic E-state index is 0.228. The molecule has 3 heteroatoms. The molecule has 28 heavy (non-hydrogen) atoms. The summed E-state index contributed by atoms with van der Waals surface area (Å²) in [5.41, 5.74) is 4.60. The number of ether oxygens (including phenoxy) is 2. The Morgan fingerprint density at radius 1 is 1.11 bits per heavy atom. The van der Waals surface area contributed by atoms with Crippen LogP contribution in [-0.4, -0.2) is 13.9 Å². The number of methoxy groups -OCH3 is 1. The van der Waals surface area contributed by atoms with Crippen molar-refractivity contribution >= 4 is 27.0 Å². The van der Waals surface area contributed by atoms with E-state index in [4.69, 9.17) is 9.47 Å². The molecule has 2 aromatic carbocycles. The van der Waals surface area contributed by atoms with Gasteiger partial charge in [-0.05, 0) is 60.1 Å². The van der Waals surface area contributed by atoms with E-state index >= 15 is 0 Å². The lowest BCUT2D eigenvalue weighted by atomic mass is 9.89. The van der Waals surface area contributed by atoms with Crippen LogP contribution in [0, 0.1) is 12.8 Å². The van der Waals surface area contributed by atoms with E-state index in [1.54, 1.807) is 18.4 Å². The number of rotatable bonds is 9. The second-order valence-corrected chi connectivity index (χ2v) is 8.46. The number of fused-ring (bicyclic) bond motifs is 1. The zero-order chi connectivity index (χ0) is 20.1. The lowest BCUT2D eigenvalue weighted by Crippen LogP contribution is -2.05. The normalized spacial score (nSPS) is 11.3. The first-order valence-electron chi connectivity index (χ1n) is 10.0. The van der Waals surface area contributed by atoms with Crippen molar-refractivity contribution in [1.29, 1.82) is 0 Å². The van der Waals surface area contributed by atoms with Gasteiger partial charge in [-0.15, -0.1) is 11.3 Å². The van der Waals surface area contributed by atoms with E-state index in [1.807, 2.05) is 0 Å². The molecule has 0 aliphatic heterocycles. The molecule has 0 N–H and O–H groups in total. The van der Waals surface area contributed by atoms with Crippen LogP contribution in [0.4, 0.5) is 0 Å². The summed E-state index contributed by atoms with van der Waals surface area (Å²) in [4.78, 5) is 1.22. The van der Waals surface area contributed by atoms with Crippen LogP contribution in [0.2, 0.25) is 0 Å². The number of aryl methyl sites for hydroxylation is 1. The summed E-state index contributed by atoms with van der Waals surface area (Å²) in [6.07, 6.45) is 3.32. The molecule has 148 valence electrons. The first-order chi connectivity index (χ1) is 13.6. The van der Waals surface area contributed by atoms with Gasteiger partial charge in [0.2, 0.25) is 0 Å². The Hall–Kier alpha value is -2.10. The Morgan fingerprint density at radius 2 is 1.86 bits per heavy atom. The molecule has 0 radical (unpaired) electrons. The van der Waals surface area contributed by atoms with Crippen molar-refractivity contribution in [3.8, 4) is 16.2 Å². The van der Waals surface area contributed by atoms with Gasteiger partial charge in [0.15, 0.2) is 6.79 Å². The van der Waals surface area contributed by atoms with Crippen LogP contribution in [0.25, 0.3) is 26.1 Å². The van der Waals surface area contributed by atoms with Gasteiger partial charge in [-0.25, -0.2) is 0 Å². The maximum Gasteiger partial charge on any atom is 0.188 e. The zero-order valence-corrected chi connectivity index (χ0v) is 18.2. The second kappa shape index (κ2) is 9.40. The molecule has 3 rings (SSSR count). The minimum absolute atomic E-state index is 0.228. The van der Waals surface area contributed by atoms with Crippen LogP contribution in [0.3, 0.4) is 0 Å². The lowest BCUT2D eigenvalue weighted by Gasteiger charge is -2.20. The van der Waals surface area contributed by atoms with E-state index in [2.05, 4.69) is 69.8 Å². The van der Waals surface area contributed by atoms with Gasteiger partial charge < -0.3 is 9.47 Å². The first-order valence-corrected chi connectivity index (χ1v) is 10.8. The van der Waals surface area contributed by atoms with Crippen molar-refractivity contribution < 1.29 is 9.47 Å². The number of thiophene rings is 1. The van der Waals surface area contributed by atoms with Crippen molar-refractivity contribution in [3.05, 3.63) is 60.2 Å². The number of allylic oxidation sites excluding steroid dienone is 1. The van der Waals surface area contributed by atoms with E-state index in [0.717, 1.165) is 28.9 Å². The van der Waals surface area contributed by atoms with Crippen LogP contribution in [0.1, 0.15) is 44.2 Å². The lowest BCUT2D eigenvalue weighted by molar-refractivity contribution is 0.0513. The maximum atomic E-state index is 6.12. The quantitative estimate of drug-likeness (QED) is 0.346. The molecule has 3 aromatic rings. The molecule has 0 saturated carbocycles. The third-order valence-corrected chi connectivity index (χ3v) is 6.47. The fourth-order valence-corrected chi connectivity index (χ4v) is 4.72. The minimum Gasteiger partial charge on any atom is -0.466 e. The summed E-state index contributed by atoms with van der Waals surface area (Å²) in [6, 6.07) is 15.2. The molecule has 0 aliphatic rings. The van der Waals surface area contributed by atoms with E-state index < -0.39 is 0 Å². The van der Waals surface area contributed by atoms with Crippen LogP contribution < -0.4 is 4.74 Å². The highest BCUT2D eigenvalue weighted by molar-refractivity contribution is 7.22. The predicted molar refractivity (Wildman–Crippen MR) is 122 cm³/mol. The fourth-order valence-electron chi connectivity index (χ4n) is 3.64. The van der Waals surface area contributed by atoms with Gasteiger partial charge >= 0.3 is 0 Å². The summed E-state index contributed by atoms with van der Waals surface area (Å²) in [7, 11) is 1.66. The SMILES string of the molecule is C=C(CC(CC)CC)c1cc(C)cc(-c2cc3ccccc3s2)c1OCOC. The Bertz CT molecular complexity index is 917. The van der Waals surface area contributed by atoms with Crippen LogP contribution in [0.15, 0.2) is 49.0 Å². The average molecular weight is 395 g/mol. The number of hydrogen-bond acceptors (Lipinski definition) is 3. The number of hydrogen-bond donors (Lipinski definition) is 0. The Morgan fingerprint density at radius 3 is 2.54 bits per heavy atom. The predicted octanol–water partition coefficient (Wildman–Crippen LogP) is 7.70. The standard InChI is InChI=1S/C25H30O2S/c1-6-19(7-2)14-18(4)21-12-17(3)13-22(25(21)27-16-26-5)24-15-20-10-8-9-11-23(20)28-24/h8-13,15,19H,4,6-7,14,16H2,1-3,5H3. The van der Waals surface area contributed by atoms with Gasteiger partial charge in [0.1, 0.15) is 5.75 Å². The smallest absolute Gasteiger partial charge is 0.188 e. The third kappa shape index (κ3) is 4.48. The van der Waals surface area contributed by atoms with Gasteiger partial charge in [-0.1, -0.05) is 51.5 Å². The molecule has 0 bridgehead atoms. The second-order valence-electron chi connectivity index (χ2n) is 7.38. The average Bonchev–Trinajstić information content (AvgIpc) is 3.14. The van der Waals surface area contributed by atoms with Crippen molar-refractivity contribution in [2.24, 2.45) is 5.92 Å². The molecular formula is C25H30O2S. The molecule has 0 amide bonds. The van der Waals surface area contributed by atoms with Crippen LogP contribution >= 0.6 is 11.3 Å². The van der Waals surface area contributed by atoms with Gasteiger partial charge in [0, 0.05) is 27.8 Å². The molecule has 0 spiro atoms. The van der Waals surface area contributed by atoms with E-state index in [9.17, 15) is 0 Å².